The van der Waals surface area contributed by atoms with E-state index in [0.717, 1.165) is 41.1 Å². The number of hydrogen-bond donors (Lipinski definition) is 0. The molecule has 0 saturated carbocycles. The molecule has 2 heterocycles. The van der Waals surface area contributed by atoms with Gasteiger partial charge in [0, 0.05) is 11.9 Å². The van der Waals surface area contributed by atoms with Crippen molar-refractivity contribution in [3.63, 3.8) is 0 Å². The Labute approximate surface area is 116 Å². The first kappa shape index (κ1) is 13.5. The fraction of sp³-hybridized carbons (Fsp3) is 0.583. The number of unbranched alkanes of at least 4 members (excludes halogenated alkanes) is 1. The molecular formula is C12H18N4S2. The van der Waals surface area contributed by atoms with E-state index in [1.165, 1.54) is 6.42 Å². The van der Waals surface area contributed by atoms with E-state index in [-0.39, 0.29) is 0 Å². The fourth-order valence-electron chi connectivity index (χ4n) is 1.67. The highest BCUT2D eigenvalue weighted by Gasteiger charge is 2.12. The molecule has 0 radical (unpaired) electrons. The summed E-state index contributed by atoms with van der Waals surface area (Å²) < 4.78 is 2.03. The second-order valence-corrected chi connectivity index (χ2v) is 6.04. The summed E-state index contributed by atoms with van der Waals surface area (Å²) in [5.74, 6) is 2.72. The van der Waals surface area contributed by atoms with E-state index in [0.29, 0.717) is 0 Å². The van der Waals surface area contributed by atoms with Gasteiger partial charge in [-0.15, -0.1) is 16.4 Å². The lowest BCUT2D eigenvalue weighted by atomic mass is 10.3. The van der Waals surface area contributed by atoms with Crippen molar-refractivity contribution < 1.29 is 0 Å². The number of rotatable bonds is 6. The predicted molar refractivity (Wildman–Crippen MR) is 78.0 cm³/mol. The molecule has 2 rings (SSSR count). The smallest absolute Gasteiger partial charge is 0.200 e. The highest BCUT2D eigenvalue weighted by molar-refractivity contribution is 7.97. The van der Waals surface area contributed by atoms with Crippen molar-refractivity contribution >= 4 is 23.1 Å². The van der Waals surface area contributed by atoms with Crippen LogP contribution in [0.5, 0.6) is 0 Å². The van der Waals surface area contributed by atoms with Crippen LogP contribution in [0.25, 0.3) is 11.5 Å². The first-order valence-electron chi connectivity index (χ1n) is 6.09. The molecule has 0 amide bonds. The zero-order chi connectivity index (χ0) is 13.0. The highest BCUT2D eigenvalue weighted by Crippen LogP contribution is 2.20. The molecular weight excluding hydrogens is 264 g/mol. The Morgan fingerprint density at radius 3 is 2.83 bits per heavy atom. The molecule has 0 bridgehead atoms. The van der Waals surface area contributed by atoms with Crippen LogP contribution < -0.4 is 0 Å². The molecule has 2 aromatic rings. The van der Waals surface area contributed by atoms with Crippen LogP contribution in [0.4, 0.5) is 0 Å². The summed E-state index contributed by atoms with van der Waals surface area (Å²) >= 11 is 3.41. The monoisotopic (exact) mass is 282 g/mol. The minimum absolute atomic E-state index is 0.763. The zero-order valence-corrected chi connectivity index (χ0v) is 12.6. The van der Waals surface area contributed by atoms with Crippen LogP contribution in [-0.2, 0) is 12.3 Å². The van der Waals surface area contributed by atoms with Gasteiger partial charge in [0.2, 0.25) is 5.82 Å². The largest absolute Gasteiger partial charge is 0.249 e. The van der Waals surface area contributed by atoms with Gasteiger partial charge in [0.05, 0.1) is 10.8 Å². The molecule has 0 aliphatic carbocycles. The lowest BCUT2D eigenvalue weighted by Gasteiger charge is -2.02. The van der Waals surface area contributed by atoms with E-state index in [2.05, 4.69) is 28.2 Å². The average molecular weight is 282 g/mol. The molecule has 0 atom stereocenters. The van der Waals surface area contributed by atoms with E-state index >= 15 is 0 Å². The quantitative estimate of drug-likeness (QED) is 0.814. The molecule has 0 aliphatic heterocycles. The van der Waals surface area contributed by atoms with E-state index < -0.39 is 0 Å². The van der Waals surface area contributed by atoms with Crippen molar-refractivity contribution in [1.29, 1.82) is 0 Å². The van der Waals surface area contributed by atoms with Crippen molar-refractivity contribution in [1.82, 2.24) is 19.7 Å². The SMILES string of the molecule is CCCCn1nc(-c2csc(C)n2)nc1CSC. The molecule has 0 spiro atoms. The molecule has 0 fully saturated rings. The molecule has 98 valence electrons. The Bertz CT molecular complexity index is 504. The second-order valence-electron chi connectivity index (χ2n) is 4.11. The molecule has 0 N–H and O–H groups in total. The molecule has 2 aromatic heterocycles. The van der Waals surface area contributed by atoms with Crippen LogP contribution in [0.3, 0.4) is 0 Å². The van der Waals surface area contributed by atoms with Gasteiger partial charge in [-0.2, -0.15) is 11.8 Å². The highest BCUT2D eigenvalue weighted by atomic mass is 32.2. The van der Waals surface area contributed by atoms with Crippen molar-refractivity contribution in [2.24, 2.45) is 0 Å². The number of thioether (sulfide) groups is 1. The third kappa shape index (κ3) is 3.11. The van der Waals surface area contributed by atoms with E-state index in [1.807, 2.05) is 17.0 Å². The Kier molecular flexibility index (Phi) is 4.77. The van der Waals surface area contributed by atoms with Crippen LogP contribution in [0.15, 0.2) is 5.38 Å². The summed E-state index contributed by atoms with van der Waals surface area (Å²) in [7, 11) is 0. The van der Waals surface area contributed by atoms with Crippen molar-refractivity contribution in [3.05, 3.63) is 16.2 Å². The fourth-order valence-corrected chi connectivity index (χ4v) is 2.73. The maximum absolute atomic E-state index is 4.61. The second kappa shape index (κ2) is 6.33. The summed E-state index contributed by atoms with van der Waals surface area (Å²) in [5.41, 5.74) is 0.898. The molecule has 4 nitrogen and oxygen atoms in total. The molecule has 0 saturated heterocycles. The van der Waals surface area contributed by atoms with Crippen LogP contribution in [0.1, 0.15) is 30.6 Å². The van der Waals surface area contributed by atoms with Crippen LogP contribution in [0.2, 0.25) is 0 Å². The molecule has 0 aliphatic rings. The Morgan fingerprint density at radius 1 is 1.39 bits per heavy atom. The minimum atomic E-state index is 0.763. The molecule has 6 heteroatoms. The normalized spacial score (nSPS) is 11.1. The van der Waals surface area contributed by atoms with Gasteiger partial charge in [-0.25, -0.2) is 14.6 Å². The van der Waals surface area contributed by atoms with E-state index in [1.54, 1.807) is 23.1 Å². The van der Waals surface area contributed by atoms with Crippen LogP contribution in [0, 0.1) is 6.92 Å². The Balaban J connectivity index is 2.26. The zero-order valence-electron chi connectivity index (χ0n) is 11.0. The first-order chi connectivity index (χ1) is 8.74. The number of aromatic nitrogens is 4. The number of hydrogen-bond acceptors (Lipinski definition) is 5. The first-order valence-corrected chi connectivity index (χ1v) is 8.37. The maximum Gasteiger partial charge on any atom is 0.200 e. The van der Waals surface area contributed by atoms with Gasteiger partial charge in [-0.3, -0.25) is 0 Å². The number of nitrogens with zero attached hydrogens (tertiary/aromatic N) is 4. The number of aryl methyl sites for hydroxylation is 2. The minimum Gasteiger partial charge on any atom is -0.249 e. The number of thiazole rings is 1. The predicted octanol–water partition coefficient (Wildman–Crippen LogP) is 3.37. The molecule has 18 heavy (non-hydrogen) atoms. The Morgan fingerprint density at radius 2 is 2.22 bits per heavy atom. The van der Waals surface area contributed by atoms with Gasteiger partial charge >= 0.3 is 0 Å². The van der Waals surface area contributed by atoms with E-state index in [9.17, 15) is 0 Å². The van der Waals surface area contributed by atoms with Crippen molar-refractivity contribution in [3.8, 4) is 11.5 Å². The summed E-state index contributed by atoms with van der Waals surface area (Å²) in [6, 6.07) is 0. The summed E-state index contributed by atoms with van der Waals surface area (Å²) in [4.78, 5) is 9.06. The van der Waals surface area contributed by atoms with Crippen molar-refractivity contribution in [2.75, 3.05) is 6.26 Å². The lowest BCUT2D eigenvalue weighted by Crippen LogP contribution is -2.04. The summed E-state index contributed by atoms with van der Waals surface area (Å²) in [6.45, 7) is 5.14. The third-order valence-electron chi connectivity index (χ3n) is 2.59. The standard InChI is InChI=1S/C12H18N4S2/c1-4-5-6-16-11(8-17-3)14-12(15-16)10-7-18-9(2)13-10/h7H,4-6,8H2,1-3H3. The van der Waals surface area contributed by atoms with Crippen molar-refractivity contribution in [2.45, 2.75) is 39.0 Å². The van der Waals surface area contributed by atoms with E-state index in [4.69, 9.17) is 0 Å². The van der Waals surface area contributed by atoms with Crippen LogP contribution in [-0.4, -0.2) is 26.0 Å². The lowest BCUT2D eigenvalue weighted by molar-refractivity contribution is 0.555. The maximum atomic E-state index is 4.61. The summed E-state index contributed by atoms with van der Waals surface area (Å²) in [5, 5.41) is 7.67. The summed E-state index contributed by atoms with van der Waals surface area (Å²) in [6.07, 6.45) is 4.40. The third-order valence-corrected chi connectivity index (χ3v) is 3.91. The van der Waals surface area contributed by atoms with Crippen LogP contribution >= 0.6 is 23.1 Å². The van der Waals surface area contributed by atoms with Gasteiger partial charge in [0.15, 0.2) is 0 Å². The van der Waals surface area contributed by atoms with Gasteiger partial charge in [-0.1, -0.05) is 13.3 Å². The van der Waals surface area contributed by atoms with Gasteiger partial charge in [-0.05, 0) is 19.6 Å². The van der Waals surface area contributed by atoms with Gasteiger partial charge in [0.25, 0.3) is 0 Å². The molecule has 0 aromatic carbocycles. The van der Waals surface area contributed by atoms with Gasteiger partial charge in [0.1, 0.15) is 11.5 Å². The van der Waals surface area contributed by atoms with Gasteiger partial charge < -0.3 is 0 Å². The average Bonchev–Trinajstić information content (AvgIpc) is 2.94. The molecule has 0 unspecified atom stereocenters. The topological polar surface area (TPSA) is 43.6 Å². The Hall–Kier alpha value is -0.880.